The number of amidine groups is 1. The maximum Gasteiger partial charge on any atom is 0.248 e. The van der Waals surface area contributed by atoms with E-state index < -0.39 is 9.84 Å². The van der Waals surface area contributed by atoms with Gasteiger partial charge >= 0.3 is 0 Å². The highest BCUT2D eigenvalue weighted by Crippen LogP contribution is 2.44. The van der Waals surface area contributed by atoms with E-state index in [0.29, 0.717) is 35.2 Å². The number of carbonyl (C=O) groups excluding carboxylic acids is 1. The summed E-state index contributed by atoms with van der Waals surface area (Å²) in [6.07, 6.45) is 1.08. The molecular formula is C17H22N2O5S2. The summed E-state index contributed by atoms with van der Waals surface area (Å²) in [5.41, 5.74) is 0.688. The number of aliphatic imine (C=N–C) groups is 1. The Bertz CT molecular complexity index is 838. The maximum atomic E-state index is 12.1. The summed E-state index contributed by atoms with van der Waals surface area (Å²) in [4.78, 5) is 18.2. The van der Waals surface area contributed by atoms with Gasteiger partial charge in [-0.05, 0) is 18.6 Å². The Morgan fingerprint density at radius 3 is 2.73 bits per heavy atom. The normalized spacial score (nSPS) is 25.3. The van der Waals surface area contributed by atoms with Gasteiger partial charge in [-0.3, -0.25) is 4.79 Å². The summed E-state index contributed by atoms with van der Waals surface area (Å²) in [6.45, 7) is 1.92. The molecule has 9 heteroatoms. The van der Waals surface area contributed by atoms with E-state index in [1.165, 1.54) is 11.8 Å². The van der Waals surface area contributed by atoms with E-state index in [1.54, 1.807) is 26.4 Å². The molecule has 26 heavy (non-hydrogen) atoms. The van der Waals surface area contributed by atoms with Gasteiger partial charge in [-0.15, -0.1) is 0 Å². The number of anilines is 1. The number of ether oxygens (including phenoxy) is 2. The lowest BCUT2D eigenvalue weighted by Gasteiger charge is -2.26. The topological polar surface area (TPSA) is 85.3 Å². The van der Waals surface area contributed by atoms with Gasteiger partial charge in [0.05, 0.1) is 37.5 Å². The summed E-state index contributed by atoms with van der Waals surface area (Å²) in [7, 11) is 0.00169. The number of sulfone groups is 1. The molecule has 0 N–H and O–H groups in total. The van der Waals surface area contributed by atoms with Crippen LogP contribution >= 0.6 is 11.8 Å². The highest BCUT2D eigenvalue weighted by Gasteiger charge is 2.50. The van der Waals surface area contributed by atoms with E-state index >= 15 is 0 Å². The molecule has 0 radical (unpaired) electrons. The minimum absolute atomic E-state index is 0.0425. The molecular weight excluding hydrogens is 376 g/mol. The largest absolute Gasteiger partial charge is 0.497 e. The Balaban J connectivity index is 2.05. The number of hydrogen-bond donors (Lipinski definition) is 0. The number of benzene rings is 1. The second-order valence-corrected chi connectivity index (χ2v) is 9.61. The highest BCUT2D eigenvalue weighted by molar-refractivity contribution is 8.16. The Hall–Kier alpha value is -1.74. The van der Waals surface area contributed by atoms with Gasteiger partial charge in [0.2, 0.25) is 5.91 Å². The molecule has 0 bridgehead atoms. The first kappa shape index (κ1) is 19.0. The molecule has 1 aromatic carbocycles. The van der Waals surface area contributed by atoms with Crippen molar-refractivity contribution in [3.8, 4) is 11.5 Å². The zero-order valence-corrected chi connectivity index (χ0v) is 16.6. The molecule has 1 aromatic rings. The molecule has 0 aromatic heterocycles. The molecule has 1 amide bonds. The van der Waals surface area contributed by atoms with Crippen LogP contribution in [0.15, 0.2) is 23.2 Å². The molecule has 2 heterocycles. The first-order valence-corrected chi connectivity index (χ1v) is 11.1. The first-order valence-electron chi connectivity index (χ1n) is 8.38. The highest BCUT2D eigenvalue weighted by atomic mass is 32.2. The van der Waals surface area contributed by atoms with Crippen LogP contribution in [0.4, 0.5) is 5.69 Å². The predicted octanol–water partition coefficient (Wildman–Crippen LogP) is 2.11. The van der Waals surface area contributed by atoms with Gasteiger partial charge in [0.25, 0.3) is 0 Å². The lowest BCUT2D eigenvalue weighted by Crippen LogP contribution is -2.38. The van der Waals surface area contributed by atoms with Gasteiger partial charge < -0.3 is 14.4 Å². The van der Waals surface area contributed by atoms with Crippen LogP contribution in [0.1, 0.15) is 19.8 Å². The van der Waals surface area contributed by atoms with Gasteiger partial charge in [-0.2, -0.15) is 4.99 Å². The Kier molecular flexibility index (Phi) is 5.47. The molecule has 2 atom stereocenters. The van der Waals surface area contributed by atoms with Gasteiger partial charge in [0.15, 0.2) is 15.0 Å². The van der Waals surface area contributed by atoms with E-state index in [1.807, 2.05) is 17.9 Å². The van der Waals surface area contributed by atoms with Crippen molar-refractivity contribution in [2.24, 2.45) is 4.99 Å². The maximum absolute atomic E-state index is 12.1. The van der Waals surface area contributed by atoms with Crippen molar-refractivity contribution in [3.05, 3.63) is 18.2 Å². The third kappa shape index (κ3) is 3.68. The minimum Gasteiger partial charge on any atom is -0.497 e. The number of rotatable bonds is 5. The Morgan fingerprint density at radius 1 is 1.31 bits per heavy atom. The summed E-state index contributed by atoms with van der Waals surface area (Å²) in [6, 6.07) is 5.07. The number of thioether (sulfide) groups is 1. The minimum atomic E-state index is -3.11. The zero-order chi connectivity index (χ0) is 18.9. The van der Waals surface area contributed by atoms with Crippen molar-refractivity contribution in [3.63, 3.8) is 0 Å². The van der Waals surface area contributed by atoms with E-state index in [2.05, 4.69) is 4.99 Å². The van der Waals surface area contributed by atoms with Crippen molar-refractivity contribution < 1.29 is 22.7 Å². The fourth-order valence-electron chi connectivity index (χ4n) is 3.21. The van der Waals surface area contributed by atoms with Gasteiger partial charge in [-0.1, -0.05) is 18.7 Å². The molecule has 2 aliphatic heterocycles. The van der Waals surface area contributed by atoms with Crippen molar-refractivity contribution in [1.82, 2.24) is 0 Å². The molecule has 3 rings (SSSR count). The molecule has 2 fully saturated rings. The summed E-state index contributed by atoms with van der Waals surface area (Å²) in [5, 5.41) is 0.400. The zero-order valence-electron chi connectivity index (χ0n) is 15.0. The lowest BCUT2D eigenvalue weighted by atomic mass is 10.2. The van der Waals surface area contributed by atoms with Gasteiger partial charge in [0, 0.05) is 17.7 Å². The SMILES string of the molecule is CCCC(=O)N=C1SC2CS(=O)(=O)CC2N1c1ccc(OC)cc1OC. The molecule has 7 nitrogen and oxygen atoms in total. The molecule has 2 aliphatic rings. The Morgan fingerprint density at radius 2 is 2.08 bits per heavy atom. The van der Waals surface area contributed by atoms with Crippen LogP contribution in [0.3, 0.4) is 0 Å². The van der Waals surface area contributed by atoms with E-state index in [-0.39, 0.29) is 28.7 Å². The molecule has 0 saturated carbocycles. The second-order valence-electron chi connectivity index (χ2n) is 6.25. The van der Waals surface area contributed by atoms with Crippen LogP contribution in [0.5, 0.6) is 11.5 Å². The fraction of sp³-hybridized carbons (Fsp3) is 0.529. The lowest BCUT2D eigenvalue weighted by molar-refractivity contribution is -0.117. The molecule has 142 valence electrons. The van der Waals surface area contributed by atoms with Gasteiger partial charge in [0.1, 0.15) is 11.5 Å². The van der Waals surface area contributed by atoms with Gasteiger partial charge in [-0.25, -0.2) is 8.42 Å². The predicted molar refractivity (Wildman–Crippen MR) is 103 cm³/mol. The van der Waals surface area contributed by atoms with Crippen LogP contribution < -0.4 is 14.4 Å². The number of fused-ring (bicyclic) bond motifs is 1. The standard InChI is InChI=1S/C17H22N2O5S2/c1-4-5-16(20)18-17-19(13-9-26(21,22)10-15(13)25-17)12-7-6-11(23-2)8-14(12)24-3/h6-8,13,15H,4-5,9-10H2,1-3H3. The molecule has 2 unspecified atom stereocenters. The fourth-order valence-corrected chi connectivity index (χ4v) is 7.13. The average Bonchev–Trinajstić information content (AvgIpc) is 3.05. The van der Waals surface area contributed by atoms with E-state index in [0.717, 1.165) is 0 Å². The molecule has 2 saturated heterocycles. The Labute approximate surface area is 157 Å². The van der Waals surface area contributed by atoms with E-state index in [9.17, 15) is 13.2 Å². The van der Waals surface area contributed by atoms with Crippen LogP contribution in [0.25, 0.3) is 0 Å². The van der Waals surface area contributed by atoms with Crippen LogP contribution in [0, 0.1) is 0 Å². The second kappa shape index (κ2) is 7.48. The number of hydrogen-bond acceptors (Lipinski definition) is 6. The number of methoxy groups -OCH3 is 2. The number of carbonyl (C=O) groups is 1. The quantitative estimate of drug-likeness (QED) is 0.751. The van der Waals surface area contributed by atoms with Crippen LogP contribution in [-0.2, 0) is 14.6 Å². The average molecular weight is 399 g/mol. The third-order valence-corrected chi connectivity index (χ3v) is 7.61. The first-order chi connectivity index (χ1) is 12.4. The van der Waals surface area contributed by atoms with Crippen molar-refractivity contribution in [2.75, 3.05) is 30.6 Å². The van der Waals surface area contributed by atoms with Crippen LogP contribution in [0.2, 0.25) is 0 Å². The molecule has 0 aliphatic carbocycles. The number of nitrogens with zero attached hydrogens (tertiary/aromatic N) is 2. The van der Waals surface area contributed by atoms with Crippen molar-refractivity contribution >= 4 is 38.4 Å². The summed E-state index contributed by atoms with van der Waals surface area (Å²) in [5.74, 6) is 1.12. The van der Waals surface area contributed by atoms with Crippen LogP contribution in [-0.4, -0.2) is 56.5 Å². The smallest absolute Gasteiger partial charge is 0.248 e. The third-order valence-electron chi connectivity index (χ3n) is 4.40. The number of amides is 1. The van der Waals surface area contributed by atoms with Crippen molar-refractivity contribution in [1.29, 1.82) is 0 Å². The van der Waals surface area contributed by atoms with Crippen molar-refractivity contribution in [2.45, 2.75) is 31.1 Å². The van der Waals surface area contributed by atoms with E-state index in [4.69, 9.17) is 9.47 Å². The molecule has 0 spiro atoms. The summed E-state index contributed by atoms with van der Waals surface area (Å²) >= 11 is 1.36. The summed E-state index contributed by atoms with van der Waals surface area (Å²) < 4.78 is 34.9. The monoisotopic (exact) mass is 398 g/mol.